The molecule has 0 atom stereocenters. The fourth-order valence-corrected chi connectivity index (χ4v) is 1.59. The number of hydrogen-bond acceptors (Lipinski definition) is 4. The number of methoxy groups -OCH3 is 1. The number of nitrogens with one attached hydrogen (secondary N) is 1. The number of nitrogens with two attached hydrogens (primary N) is 1. The van der Waals surface area contributed by atoms with E-state index < -0.39 is 0 Å². The van der Waals surface area contributed by atoms with Crippen LogP contribution in [0, 0.1) is 0 Å². The maximum atomic E-state index is 5.94. The Hall–Kier alpha value is -1.94. The Morgan fingerprint density at radius 2 is 2.18 bits per heavy atom. The second-order valence-electron chi connectivity index (χ2n) is 3.42. The van der Waals surface area contributed by atoms with E-state index in [-0.39, 0.29) is 0 Å². The van der Waals surface area contributed by atoms with E-state index in [1.165, 1.54) is 0 Å². The number of nitrogens with zero attached hydrogens (tertiary/aromatic N) is 1. The summed E-state index contributed by atoms with van der Waals surface area (Å²) < 4.78 is 5.13. The van der Waals surface area contributed by atoms with Gasteiger partial charge >= 0.3 is 0 Å². The number of ether oxygens (including phenoxy) is 1. The van der Waals surface area contributed by atoms with E-state index >= 15 is 0 Å². The summed E-state index contributed by atoms with van der Waals surface area (Å²) in [6.07, 6.45) is 1.67. The molecule has 0 unspecified atom stereocenters. The first-order valence-corrected chi connectivity index (χ1v) is 5.39. The van der Waals surface area contributed by atoms with Gasteiger partial charge in [0.15, 0.2) is 5.82 Å². The van der Waals surface area contributed by atoms with Crippen LogP contribution in [-0.2, 0) is 0 Å². The molecule has 1 aromatic heterocycles. The predicted molar refractivity (Wildman–Crippen MR) is 69.9 cm³/mol. The summed E-state index contributed by atoms with van der Waals surface area (Å²) in [5.74, 6) is 1.21. The number of anilines is 3. The van der Waals surface area contributed by atoms with Crippen molar-refractivity contribution in [2.75, 3.05) is 18.2 Å². The molecule has 0 fully saturated rings. The summed E-state index contributed by atoms with van der Waals surface area (Å²) in [5, 5.41) is 3.66. The van der Waals surface area contributed by atoms with Gasteiger partial charge in [0.05, 0.1) is 17.8 Å². The van der Waals surface area contributed by atoms with Crippen LogP contribution in [0.5, 0.6) is 5.75 Å². The average molecular weight is 250 g/mol. The molecule has 0 saturated heterocycles. The van der Waals surface area contributed by atoms with Crippen molar-refractivity contribution in [1.82, 2.24) is 4.98 Å². The zero-order chi connectivity index (χ0) is 12.3. The van der Waals surface area contributed by atoms with E-state index in [4.69, 9.17) is 22.1 Å². The fraction of sp³-hybridized carbons (Fsp3) is 0.0833. The first kappa shape index (κ1) is 11.5. The van der Waals surface area contributed by atoms with Gasteiger partial charge in [-0.2, -0.15) is 0 Å². The standard InChI is InChI=1S/C12H12ClN3O/c1-17-11-7-8(4-5-9(11)13)16-12-10(14)3-2-6-15-12/h2-7H,14H2,1H3,(H,15,16). The molecule has 0 aliphatic heterocycles. The Kier molecular flexibility index (Phi) is 3.35. The third kappa shape index (κ3) is 2.60. The van der Waals surface area contributed by atoms with E-state index in [1.807, 2.05) is 6.07 Å². The Morgan fingerprint density at radius 1 is 1.35 bits per heavy atom. The lowest BCUT2D eigenvalue weighted by atomic mass is 10.3. The van der Waals surface area contributed by atoms with E-state index in [9.17, 15) is 0 Å². The van der Waals surface area contributed by atoms with Crippen LogP contribution in [0.2, 0.25) is 5.02 Å². The minimum atomic E-state index is 0.562. The highest BCUT2D eigenvalue weighted by atomic mass is 35.5. The van der Waals surface area contributed by atoms with Gasteiger partial charge in [-0.25, -0.2) is 4.98 Å². The van der Waals surface area contributed by atoms with Crippen LogP contribution in [0.25, 0.3) is 0 Å². The van der Waals surface area contributed by atoms with E-state index in [0.29, 0.717) is 22.3 Å². The highest BCUT2D eigenvalue weighted by Gasteiger charge is 2.04. The van der Waals surface area contributed by atoms with Crippen LogP contribution in [0.15, 0.2) is 36.5 Å². The second kappa shape index (κ2) is 4.93. The molecule has 2 aromatic rings. The number of rotatable bonds is 3. The Morgan fingerprint density at radius 3 is 2.88 bits per heavy atom. The predicted octanol–water partition coefficient (Wildman–Crippen LogP) is 3.07. The molecule has 0 amide bonds. The summed E-state index contributed by atoms with van der Waals surface area (Å²) >= 11 is 5.94. The molecule has 1 aromatic carbocycles. The summed E-state index contributed by atoms with van der Waals surface area (Å²) in [7, 11) is 1.57. The van der Waals surface area contributed by atoms with Crippen molar-refractivity contribution in [3.05, 3.63) is 41.6 Å². The summed E-state index contributed by atoms with van der Waals surface area (Å²) in [6.45, 7) is 0. The van der Waals surface area contributed by atoms with Crippen molar-refractivity contribution in [2.24, 2.45) is 0 Å². The molecule has 4 nitrogen and oxygen atoms in total. The third-order valence-electron chi connectivity index (χ3n) is 2.25. The lowest BCUT2D eigenvalue weighted by Crippen LogP contribution is -1.98. The van der Waals surface area contributed by atoms with E-state index in [1.54, 1.807) is 37.6 Å². The van der Waals surface area contributed by atoms with Gasteiger partial charge in [0.2, 0.25) is 0 Å². The number of aromatic nitrogens is 1. The smallest absolute Gasteiger partial charge is 0.153 e. The van der Waals surface area contributed by atoms with Gasteiger partial charge in [-0.15, -0.1) is 0 Å². The maximum absolute atomic E-state index is 5.94. The molecule has 88 valence electrons. The SMILES string of the molecule is COc1cc(Nc2ncccc2N)ccc1Cl. The minimum Gasteiger partial charge on any atom is -0.495 e. The number of nitrogen functional groups attached to an aromatic ring is 1. The summed E-state index contributed by atoms with van der Waals surface area (Å²) in [6, 6.07) is 8.93. The molecule has 0 saturated carbocycles. The van der Waals surface area contributed by atoms with Crippen LogP contribution in [0.4, 0.5) is 17.2 Å². The monoisotopic (exact) mass is 249 g/mol. The Balaban J connectivity index is 2.28. The first-order valence-electron chi connectivity index (χ1n) is 5.02. The summed E-state index contributed by atoms with van der Waals surface area (Å²) in [4.78, 5) is 4.14. The zero-order valence-electron chi connectivity index (χ0n) is 9.27. The van der Waals surface area contributed by atoms with Crippen molar-refractivity contribution in [3.8, 4) is 5.75 Å². The third-order valence-corrected chi connectivity index (χ3v) is 2.57. The lowest BCUT2D eigenvalue weighted by molar-refractivity contribution is 0.415. The summed E-state index contributed by atoms with van der Waals surface area (Å²) in [5.41, 5.74) is 7.19. The number of pyridine rings is 1. The molecule has 0 spiro atoms. The Bertz CT molecular complexity index is 531. The molecule has 0 radical (unpaired) electrons. The average Bonchev–Trinajstić information content (AvgIpc) is 2.34. The molecule has 0 aliphatic carbocycles. The van der Waals surface area contributed by atoms with Gasteiger partial charge in [0, 0.05) is 18.0 Å². The molecular weight excluding hydrogens is 238 g/mol. The van der Waals surface area contributed by atoms with Crippen LogP contribution >= 0.6 is 11.6 Å². The molecule has 0 aliphatic rings. The van der Waals surface area contributed by atoms with Crippen LogP contribution in [0.3, 0.4) is 0 Å². The van der Waals surface area contributed by atoms with Crippen LogP contribution in [0.1, 0.15) is 0 Å². The largest absolute Gasteiger partial charge is 0.495 e. The molecule has 17 heavy (non-hydrogen) atoms. The molecule has 2 rings (SSSR count). The van der Waals surface area contributed by atoms with E-state index in [0.717, 1.165) is 5.69 Å². The number of hydrogen-bond donors (Lipinski definition) is 2. The van der Waals surface area contributed by atoms with Crippen LogP contribution in [-0.4, -0.2) is 12.1 Å². The molecular formula is C12H12ClN3O. The zero-order valence-corrected chi connectivity index (χ0v) is 10.0. The molecule has 0 bridgehead atoms. The Labute approximate surface area is 104 Å². The highest BCUT2D eigenvalue weighted by molar-refractivity contribution is 6.32. The quantitative estimate of drug-likeness (QED) is 0.878. The number of benzene rings is 1. The van der Waals surface area contributed by atoms with Crippen molar-refractivity contribution in [3.63, 3.8) is 0 Å². The van der Waals surface area contributed by atoms with E-state index in [2.05, 4.69) is 10.3 Å². The fourth-order valence-electron chi connectivity index (χ4n) is 1.40. The van der Waals surface area contributed by atoms with Gasteiger partial charge in [-0.1, -0.05) is 11.6 Å². The molecule has 5 heteroatoms. The van der Waals surface area contributed by atoms with Crippen molar-refractivity contribution in [2.45, 2.75) is 0 Å². The van der Waals surface area contributed by atoms with Gasteiger partial charge in [0.1, 0.15) is 5.75 Å². The normalized spacial score (nSPS) is 10.0. The topological polar surface area (TPSA) is 60.2 Å². The highest BCUT2D eigenvalue weighted by Crippen LogP contribution is 2.29. The van der Waals surface area contributed by atoms with Gasteiger partial charge in [-0.3, -0.25) is 0 Å². The van der Waals surface area contributed by atoms with Crippen molar-refractivity contribution in [1.29, 1.82) is 0 Å². The van der Waals surface area contributed by atoms with Crippen LogP contribution < -0.4 is 15.8 Å². The first-order chi connectivity index (χ1) is 8.20. The maximum Gasteiger partial charge on any atom is 0.153 e. The number of halogens is 1. The van der Waals surface area contributed by atoms with Crippen molar-refractivity contribution < 1.29 is 4.74 Å². The second-order valence-corrected chi connectivity index (χ2v) is 3.82. The molecule has 3 N–H and O–H groups in total. The van der Waals surface area contributed by atoms with Gasteiger partial charge < -0.3 is 15.8 Å². The van der Waals surface area contributed by atoms with Gasteiger partial charge in [0.25, 0.3) is 0 Å². The van der Waals surface area contributed by atoms with Crippen molar-refractivity contribution >= 4 is 28.8 Å². The van der Waals surface area contributed by atoms with Gasteiger partial charge in [-0.05, 0) is 24.3 Å². The minimum absolute atomic E-state index is 0.562. The lowest BCUT2D eigenvalue weighted by Gasteiger charge is -2.10. The molecule has 1 heterocycles.